The van der Waals surface area contributed by atoms with Gasteiger partial charge in [-0.05, 0) is 42.8 Å². The third-order valence-corrected chi connectivity index (χ3v) is 6.63. The van der Waals surface area contributed by atoms with Gasteiger partial charge in [-0.3, -0.25) is 13.9 Å². The largest absolute Gasteiger partial charge is 0.354 e. The molecule has 6 rings (SSSR count). The van der Waals surface area contributed by atoms with Crippen molar-refractivity contribution in [3.63, 3.8) is 0 Å². The van der Waals surface area contributed by atoms with E-state index >= 15 is 0 Å². The highest BCUT2D eigenvalue weighted by Crippen LogP contribution is 2.29. The van der Waals surface area contributed by atoms with E-state index < -0.39 is 0 Å². The Bertz CT molecular complexity index is 1550. The second-order valence-electron chi connectivity index (χ2n) is 8.91. The number of aryl methyl sites for hydroxylation is 1. The van der Waals surface area contributed by atoms with Crippen molar-refractivity contribution in [3.05, 3.63) is 84.1 Å². The highest BCUT2D eigenvalue weighted by molar-refractivity contribution is 6.08. The molecule has 1 aromatic carbocycles. The Morgan fingerprint density at radius 3 is 2.66 bits per heavy atom. The van der Waals surface area contributed by atoms with Gasteiger partial charge in [-0.1, -0.05) is 39.0 Å². The number of hydrogen-bond acceptors (Lipinski definition) is 6. The number of rotatable bonds is 6. The summed E-state index contributed by atoms with van der Waals surface area (Å²) in [6.07, 6.45) is 4.20. The molecule has 1 saturated heterocycles. The first-order chi connectivity index (χ1) is 18.7. The van der Waals surface area contributed by atoms with Crippen LogP contribution in [-0.4, -0.2) is 56.2 Å². The molecular weight excluding hydrogens is 476 g/mol. The van der Waals surface area contributed by atoms with Crippen LogP contribution < -0.4 is 15.5 Å². The number of nitrogens with zero attached hydrogens (tertiary/aromatic N) is 6. The average Bonchev–Trinajstić information content (AvgIpc) is 3.57. The summed E-state index contributed by atoms with van der Waals surface area (Å²) in [5, 5.41) is 12.4. The molecule has 1 amide bonds. The van der Waals surface area contributed by atoms with Crippen LogP contribution in [0.2, 0.25) is 0 Å². The molecule has 2 N–H and O–H groups in total. The van der Waals surface area contributed by atoms with Gasteiger partial charge >= 0.3 is 0 Å². The highest BCUT2D eigenvalue weighted by Gasteiger charge is 2.18. The molecule has 0 unspecified atom stereocenters. The maximum absolute atomic E-state index is 13.2. The molecule has 4 aromatic heterocycles. The minimum atomic E-state index is -0.207. The Kier molecular flexibility index (Phi) is 7.65. The van der Waals surface area contributed by atoms with E-state index in [2.05, 4.69) is 39.6 Å². The standard InChI is InChI=1S/C27H28N8O.C2H6/c1-2-20-26-21(31-27(36)23-17-29-24-10-3-4-14-34(23)24)8-6-9-22(26)35(32-20)18-19-7-5-11-25(30-19)33-15-12-28-13-16-33;1-2/h3-11,14,17,28H,2,12-13,15-16,18H2,1H3,(H,31,36);1-2H3. The van der Waals surface area contributed by atoms with Gasteiger partial charge in [0, 0.05) is 37.8 Å². The molecule has 0 aliphatic carbocycles. The van der Waals surface area contributed by atoms with E-state index in [0.717, 1.165) is 72.0 Å². The summed E-state index contributed by atoms with van der Waals surface area (Å²) in [4.78, 5) is 24.8. The molecule has 5 aromatic rings. The molecule has 5 heterocycles. The van der Waals surface area contributed by atoms with Crippen molar-refractivity contribution in [2.45, 2.75) is 33.7 Å². The molecule has 196 valence electrons. The fourth-order valence-electron chi connectivity index (χ4n) is 4.85. The van der Waals surface area contributed by atoms with E-state index in [9.17, 15) is 4.79 Å². The number of imidazole rings is 1. The van der Waals surface area contributed by atoms with Gasteiger partial charge in [0.05, 0.1) is 35.3 Å². The minimum absolute atomic E-state index is 0.207. The van der Waals surface area contributed by atoms with Crippen molar-refractivity contribution in [1.29, 1.82) is 0 Å². The molecular formula is C29H34N8O. The van der Waals surface area contributed by atoms with Crippen LogP contribution in [0.5, 0.6) is 0 Å². The molecule has 9 nitrogen and oxygen atoms in total. The van der Waals surface area contributed by atoms with Crippen LogP contribution in [0.4, 0.5) is 11.5 Å². The lowest BCUT2D eigenvalue weighted by molar-refractivity contribution is 0.102. The zero-order valence-electron chi connectivity index (χ0n) is 22.2. The summed E-state index contributed by atoms with van der Waals surface area (Å²) >= 11 is 0. The third kappa shape index (κ3) is 4.97. The molecule has 0 radical (unpaired) electrons. The predicted molar refractivity (Wildman–Crippen MR) is 152 cm³/mol. The number of benzene rings is 1. The third-order valence-electron chi connectivity index (χ3n) is 6.63. The lowest BCUT2D eigenvalue weighted by Crippen LogP contribution is -2.43. The van der Waals surface area contributed by atoms with Crippen LogP contribution in [0.15, 0.2) is 67.0 Å². The molecule has 1 fully saturated rings. The van der Waals surface area contributed by atoms with Crippen molar-refractivity contribution < 1.29 is 4.79 Å². The number of carbonyl (C=O) groups is 1. The van der Waals surface area contributed by atoms with Crippen LogP contribution in [0.3, 0.4) is 0 Å². The SMILES string of the molecule is CC.CCc1nn(Cc2cccc(N3CCNCC3)n2)c2cccc(NC(=O)c3cnc4ccccn34)c12. The van der Waals surface area contributed by atoms with Crippen LogP contribution in [0.1, 0.15) is 42.6 Å². The Morgan fingerprint density at radius 1 is 1.03 bits per heavy atom. The average molecular weight is 511 g/mol. The maximum atomic E-state index is 13.2. The quantitative estimate of drug-likeness (QED) is 0.352. The topological polar surface area (TPSA) is 92.4 Å². The molecule has 1 aliphatic rings. The Hall–Kier alpha value is -4.24. The first-order valence-electron chi connectivity index (χ1n) is 13.3. The minimum Gasteiger partial charge on any atom is -0.354 e. The maximum Gasteiger partial charge on any atom is 0.274 e. The van der Waals surface area contributed by atoms with E-state index in [4.69, 9.17) is 10.1 Å². The van der Waals surface area contributed by atoms with Gasteiger partial charge in [0.25, 0.3) is 5.91 Å². The summed E-state index contributed by atoms with van der Waals surface area (Å²) in [7, 11) is 0. The monoisotopic (exact) mass is 510 g/mol. The number of hydrogen-bond donors (Lipinski definition) is 2. The summed E-state index contributed by atoms with van der Waals surface area (Å²) in [6, 6.07) is 17.8. The molecule has 9 heteroatoms. The smallest absolute Gasteiger partial charge is 0.274 e. The molecule has 0 spiro atoms. The van der Waals surface area contributed by atoms with Crippen LogP contribution in [0, 0.1) is 0 Å². The van der Waals surface area contributed by atoms with Crippen molar-refractivity contribution in [3.8, 4) is 0 Å². The second kappa shape index (κ2) is 11.4. The predicted octanol–water partition coefficient (Wildman–Crippen LogP) is 4.38. The fraction of sp³-hybridized carbons (Fsp3) is 0.310. The lowest BCUT2D eigenvalue weighted by atomic mass is 10.1. The molecule has 1 aliphatic heterocycles. The van der Waals surface area contributed by atoms with E-state index in [1.165, 1.54) is 0 Å². The number of nitrogens with one attached hydrogen (secondary N) is 2. The number of carbonyl (C=O) groups excluding carboxylic acids is 1. The van der Waals surface area contributed by atoms with E-state index in [1.54, 1.807) is 10.6 Å². The Labute approximate surface area is 222 Å². The zero-order chi connectivity index (χ0) is 26.5. The highest BCUT2D eigenvalue weighted by atomic mass is 16.2. The summed E-state index contributed by atoms with van der Waals surface area (Å²) in [5.41, 5.74) is 4.84. The number of pyridine rings is 2. The number of aromatic nitrogens is 5. The Balaban J connectivity index is 0.00000144. The number of piperazine rings is 1. The van der Waals surface area contributed by atoms with E-state index in [0.29, 0.717) is 12.2 Å². The summed E-state index contributed by atoms with van der Waals surface area (Å²) in [6.45, 7) is 10.5. The summed E-state index contributed by atoms with van der Waals surface area (Å²) in [5.74, 6) is 0.795. The van der Waals surface area contributed by atoms with Gasteiger partial charge in [-0.2, -0.15) is 5.10 Å². The molecule has 38 heavy (non-hydrogen) atoms. The lowest BCUT2D eigenvalue weighted by Gasteiger charge is -2.28. The van der Waals surface area contributed by atoms with Gasteiger partial charge in [-0.15, -0.1) is 0 Å². The van der Waals surface area contributed by atoms with Gasteiger partial charge in [0.2, 0.25) is 0 Å². The van der Waals surface area contributed by atoms with E-state index in [-0.39, 0.29) is 5.91 Å². The fourth-order valence-corrected chi connectivity index (χ4v) is 4.85. The Morgan fingerprint density at radius 2 is 1.84 bits per heavy atom. The van der Waals surface area contributed by atoms with Crippen molar-refractivity contribution >= 4 is 34.0 Å². The molecule has 0 atom stereocenters. The first kappa shape index (κ1) is 25.4. The van der Waals surface area contributed by atoms with Crippen LogP contribution in [-0.2, 0) is 13.0 Å². The number of amides is 1. The van der Waals surface area contributed by atoms with Gasteiger partial charge in [-0.25, -0.2) is 9.97 Å². The first-order valence-corrected chi connectivity index (χ1v) is 13.3. The number of fused-ring (bicyclic) bond motifs is 2. The van der Waals surface area contributed by atoms with Gasteiger partial charge < -0.3 is 15.5 Å². The van der Waals surface area contributed by atoms with Crippen molar-refractivity contribution in [1.82, 2.24) is 29.5 Å². The van der Waals surface area contributed by atoms with Crippen molar-refractivity contribution in [2.75, 3.05) is 36.4 Å². The van der Waals surface area contributed by atoms with Crippen molar-refractivity contribution in [2.24, 2.45) is 0 Å². The summed E-state index contributed by atoms with van der Waals surface area (Å²) < 4.78 is 3.78. The zero-order valence-corrected chi connectivity index (χ0v) is 22.2. The van der Waals surface area contributed by atoms with Crippen LogP contribution >= 0.6 is 0 Å². The molecule has 0 saturated carbocycles. The number of anilines is 2. The van der Waals surface area contributed by atoms with Gasteiger partial charge in [0.1, 0.15) is 17.2 Å². The van der Waals surface area contributed by atoms with E-state index in [1.807, 2.05) is 67.2 Å². The van der Waals surface area contributed by atoms with Crippen LogP contribution in [0.25, 0.3) is 16.6 Å². The molecule has 0 bridgehead atoms. The normalized spacial score (nSPS) is 13.4. The second-order valence-corrected chi connectivity index (χ2v) is 8.91. The van der Waals surface area contributed by atoms with Gasteiger partial charge in [0.15, 0.2) is 0 Å².